The van der Waals surface area contributed by atoms with Gasteiger partial charge in [0.15, 0.2) is 0 Å². The van der Waals surface area contributed by atoms with E-state index >= 15 is 0 Å². The minimum absolute atomic E-state index is 0. The number of hydrogen-bond donors (Lipinski definition) is 4. The zero-order valence-electron chi connectivity index (χ0n) is 4.84. The van der Waals surface area contributed by atoms with Crippen molar-refractivity contribution in [3.8, 4) is 0 Å². The lowest BCUT2D eigenvalue weighted by Crippen LogP contribution is -1.92. The van der Waals surface area contributed by atoms with Crippen molar-refractivity contribution in [2.45, 2.75) is 0 Å². The van der Waals surface area contributed by atoms with E-state index in [4.69, 9.17) is 27.9 Å². The van der Waals surface area contributed by atoms with Crippen molar-refractivity contribution >= 4 is 10.4 Å². The van der Waals surface area contributed by atoms with Crippen molar-refractivity contribution in [2.24, 2.45) is 0 Å². The fourth-order valence-corrected chi connectivity index (χ4v) is 0.0408. The van der Waals surface area contributed by atoms with Crippen LogP contribution in [0.2, 0.25) is 0 Å². The van der Waals surface area contributed by atoms with Crippen molar-refractivity contribution in [3.05, 3.63) is 0 Å². The van der Waals surface area contributed by atoms with Gasteiger partial charge in [0.25, 0.3) is 0 Å². The molecule has 0 unspecified atom stereocenters. The highest BCUT2D eigenvalue weighted by Gasteiger charge is 1.84. The van der Waals surface area contributed by atoms with Gasteiger partial charge in [-0.05, 0) is 0 Å². The normalized spacial score (nSPS) is 10.0. The summed E-state index contributed by atoms with van der Waals surface area (Å²) in [5, 5.41) is 15.2. The predicted molar refractivity (Wildman–Crippen MR) is 29.8 cm³/mol. The third-order valence-electron chi connectivity index (χ3n) is 0.183. The van der Waals surface area contributed by atoms with Crippen molar-refractivity contribution in [2.75, 3.05) is 13.2 Å². The standard InChI is InChI=1S/C2H6O3.H2O4S/c3-1-2-5-4;1-5(2,3)4/h3-4H,1-2H2;(H2,1,2,3,4). The maximum absolute atomic E-state index is 8.74. The minimum Gasteiger partial charge on any atom is -0.394 e. The van der Waals surface area contributed by atoms with Crippen LogP contribution >= 0.6 is 0 Å². The predicted octanol–water partition coefficient (Wildman–Crippen LogP) is -1.18. The molecule has 10 heavy (non-hydrogen) atoms. The zero-order chi connectivity index (χ0) is 8.62. The number of aliphatic hydroxyl groups excluding tert-OH is 1. The van der Waals surface area contributed by atoms with E-state index in [1.807, 2.05) is 0 Å². The van der Waals surface area contributed by atoms with Gasteiger partial charge in [-0.3, -0.25) is 14.4 Å². The first-order chi connectivity index (χ1) is 4.41. The average molecular weight is 176 g/mol. The summed E-state index contributed by atoms with van der Waals surface area (Å²) in [7, 11) is -4.67. The summed E-state index contributed by atoms with van der Waals surface area (Å²) < 4.78 is 31.6. The molecule has 0 bridgehead atoms. The van der Waals surface area contributed by atoms with Crippen LogP contribution < -0.4 is 0 Å². The van der Waals surface area contributed by atoms with Gasteiger partial charge < -0.3 is 5.11 Å². The van der Waals surface area contributed by atoms with E-state index < -0.39 is 10.4 Å². The Hall–Kier alpha value is -0.250. The molecule has 0 saturated carbocycles. The average Bonchev–Trinajstić information content (AvgIpc) is 1.63. The van der Waals surface area contributed by atoms with E-state index in [1.54, 1.807) is 0 Å². The van der Waals surface area contributed by atoms with E-state index in [9.17, 15) is 0 Å². The van der Waals surface area contributed by atoms with Crippen LogP contribution in [0.1, 0.15) is 0 Å². The smallest absolute Gasteiger partial charge is 0.394 e. The highest BCUT2D eigenvalue weighted by atomic mass is 32.3. The molecule has 64 valence electrons. The van der Waals surface area contributed by atoms with Crippen molar-refractivity contribution < 1.29 is 32.8 Å². The third-order valence-corrected chi connectivity index (χ3v) is 0.183. The molecule has 0 spiro atoms. The molecule has 0 aromatic heterocycles. The first-order valence-electron chi connectivity index (χ1n) is 1.99. The third kappa shape index (κ3) is 115. The maximum atomic E-state index is 8.74. The highest BCUT2D eigenvalue weighted by Crippen LogP contribution is 1.59. The monoisotopic (exact) mass is 176 g/mol. The molecule has 0 aromatic carbocycles. The Morgan fingerprint density at radius 2 is 1.60 bits per heavy atom. The summed E-state index contributed by atoms with van der Waals surface area (Å²) in [5.41, 5.74) is 0. The molecule has 0 fully saturated rings. The Labute approximate surface area is 57.4 Å². The molecule has 0 heterocycles. The second-order valence-corrected chi connectivity index (χ2v) is 1.90. The van der Waals surface area contributed by atoms with Crippen molar-refractivity contribution in [3.63, 3.8) is 0 Å². The second kappa shape index (κ2) is 6.86. The van der Waals surface area contributed by atoms with Crippen LogP contribution in [0.15, 0.2) is 0 Å². The molecule has 4 N–H and O–H groups in total. The van der Waals surface area contributed by atoms with E-state index in [2.05, 4.69) is 4.89 Å². The van der Waals surface area contributed by atoms with Gasteiger partial charge in [0, 0.05) is 0 Å². The van der Waals surface area contributed by atoms with E-state index in [1.165, 1.54) is 0 Å². The first-order valence-corrected chi connectivity index (χ1v) is 3.38. The summed E-state index contributed by atoms with van der Waals surface area (Å²) >= 11 is 0. The number of aliphatic hydroxyl groups is 1. The second-order valence-electron chi connectivity index (χ2n) is 1.00. The zero-order valence-corrected chi connectivity index (χ0v) is 5.65. The highest BCUT2D eigenvalue weighted by molar-refractivity contribution is 7.79. The molecular weight excluding hydrogens is 168 g/mol. The van der Waals surface area contributed by atoms with E-state index in [-0.39, 0.29) is 13.2 Å². The SMILES string of the molecule is O=S(=O)(O)O.OCCOO. The molecule has 0 aliphatic carbocycles. The van der Waals surface area contributed by atoms with Gasteiger partial charge in [0.2, 0.25) is 0 Å². The summed E-state index contributed by atoms with van der Waals surface area (Å²) in [6.45, 7) is -0.128. The lowest BCUT2D eigenvalue weighted by atomic mass is 10.8. The maximum Gasteiger partial charge on any atom is 0.394 e. The van der Waals surface area contributed by atoms with E-state index in [0.717, 1.165) is 0 Å². The number of hydrogen-bond acceptors (Lipinski definition) is 5. The Morgan fingerprint density at radius 3 is 1.60 bits per heavy atom. The Kier molecular flexibility index (Phi) is 8.53. The van der Waals surface area contributed by atoms with E-state index in [0.29, 0.717) is 0 Å². The summed E-state index contributed by atoms with van der Waals surface area (Å²) in [4.78, 5) is 3.44. The lowest BCUT2D eigenvalue weighted by molar-refractivity contribution is -0.246. The molecule has 7 nitrogen and oxygen atoms in total. The van der Waals surface area contributed by atoms with Crippen LogP contribution in [-0.2, 0) is 15.3 Å². The molecule has 8 heteroatoms. The Bertz CT molecular complexity index is 126. The molecule has 0 aliphatic rings. The van der Waals surface area contributed by atoms with Gasteiger partial charge in [-0.15, -0.1) is 0 Å². The molecule has 0 amide bonds. The molecule has 0 atom stereocenters. The molecule has 0 aromatic rings. The van der Waals surface area contributed by atoms with Gasteiger partial charge >= 0.3 is 10.4 Å². The van der Waals surface area contributed by atoms with Crippen LogP contribution in [0.5, 0.6) is 0 Å². The van der Waals surface area contributed by atoms with Crippen LogP contribution in [0.25, 0.3) is 0 Å². The van der Waals surface area contributed by atoms with Gasteiger partial charge in [0.1, 0.15) is 6.61 Å². The Morgan fingerprint density at radius 1 is 1.30 bits per heavy atom. The molecular formula is C2H8O7S. The first kappa shape index (κ1) is 12.4. The molecule has 0 saturated heterocycles. The molecule has 0 aliphatic heterocycles. The Balaban J connectivity index is 0. The summed E-state index contributed by atoms with van der Waals surface area (Å²) in [5.74, 6) is 0. The number of rotatable bonds is 2. The van der Waals surface area contributed by atoms with Crippen LogP contribution in [-0.4, -0.2) is 41.1 Å². The van der Waals surface area contributed by atoms with Crippen LogP contribution in [0.4, 0.5) is 0 Å². The van der Waals surface area contributed by atoms with Crippen molar-refractivity contribution in [1.82, 2.24) is 0 Å². The molecule has 0 rings (SSSR count). The molecule has 0 radical (unpaired) electrons. The lowest BCUT2D eigenvalue weighted by Gasteiger charge is -1.81. The minimum atomic E-state index is -4.67. The van der Waals surface area contributed by atoms with Crippen molar-refractivity contribution in [1.29, 1.82) is 0 Å². The van der Waals surface area contributed by atoms with Gasteiger partial charge in [0.05, 0.1) is 6.61 Å². The van der Waals surface area contributed by atoms with Gasteiger partial charge in [-0.25, -0.2) is 4.89 Å². The topological polar surface area (TPSA) is 124 Å². The summed E-state index contributed by atoms with van der Waals surface area (Å²) in [6.07, 6.45) is 0. The fraction of sp³-hybridized carbons (Fsp3) is 1.00. The quantitative estimate of drug-likeness (QED) is 0.237. The summed E-state index contributed by atoms with van der Waals surface area (Å²) in [6, 6.07) is 0. The fourth-order valence-electron chi connectivity index (χ4n) is 0.0408. The largest absolute Gasteiger partial charge is 0.394 e. The van der Waals surface area contributed by atoms with Gasteiger partial charge in [-0.2, -0.15) is 8.42 Å². The van der Waals surface area contributed by atoms with Crippen LogP contribution in [0.3, 0.4) is 0 Å². The van der Waals surface area contributed by atoms with Crippen LogP contribution in [0, 0.1) is 0 Å². The van der Waals surface area contributed by atoms with Gasteiger partial charge in [-0.1, -0.05) is 0 Å².